The summed E-state index contributed by atoms with van der Waals surface area (Å²) in [5.41, 5.74) is 5.75. The summed E-state index contributed by atoms with van der Waals surface area (Å²) in [5, 5.41) is 2.18. The molecule has 4 rings (SSSR count). The van der Waals surface area contributed by atoms with E-state index in [1.54, 1.807) is 0 Å². The zero-order valence-corrected chi connectivity index (χ0v) is 17.1. The van der Waals surface area contributed by atoms with Crippen molar-refractivity contribution in [2.45, 2.75) is 51.9 Å². The molecule has 0 saturated heterocycles. The summed E-state index contributed by atoms with van der Waals surface area (Å²) >= 11 is 0. The van der Waals surface area contributed by atoms with Crippen molar-refractivity contribution in [1.29, 1.82) is 0 Å². The molecule has 0 aromatic heterocycles. The molecule has 0 atom stereocenters. The number of fused-ring (bicyclic) bond motifs is 1. The van der Waals surface area contributed by atoms with Crippen molar-refractivity contribution >= 4 is 22.1 Å². The number of allylic oxidation sites excluding steroid dienone is 2. The van der Waals surface area contributed by atoms with Crippen LogP contribution in [0, 0.1) is 0 Å². The fourth-order valence-corrected chi connectivity index (χ4v) is 4.23. The average Bonchev–Trinajstić information content (AvgIpc) is 2.72. The van der Waals surface area contributed by atoms with E-state index in [1.165, 1.54) is 16.7 Å². The van der Waals surface area contributed by atoms with Crippen LogP contribution in [-0.2, 0) is 5.41 Å². The lowest BCUT2D eigenvalue weighted by Gasteiger charge is -2.23. The third kappa shape index (κ3) is 3.54. The van der Waals surface area contributed by atoms with E-state index in [2.05, 4.69) is 63.2 Å². The molecule has 0 radical (unpaired) electrons. The van der Waals surface area contributed by atoms with E-state index >= 15 is 0 Å². The molecule has 3 aromatic rings. The van der Waals surface area contributed by atoms with E-state index in [-0.39, 0.29) is 11.2 Å². The minimum absolute atomic E-state index is 0.140. The number of carbonyl (C=O) groups is 1. The number of Topliss-reactive ketones (excluding diaryl/α,β-unsaturated/α-hetero) is 1. The van der Waals surface area contributed by atoms with Crippen LogP contribution in [0.25, 0.3) is 16.3 Å². The van der Waals surface area contributed by atoms with Crippen LogP contribution in [0.1, 0.15) is 67.9 Å². The van der Waals surface area contributed by atoms with Crippen LogP contribution < -0.4 is 0 Å². The Kier molecular flexibility index (Phi) is 4.93. The summed E-state index contributed by atoms with van der Waals surface area (Å²) in [6.07, 6.45) is 4.11. The first kappa shape index (κ1) is 18.7. The van der Waals surface area contributed by atoms with Gasteiger partial charge in [-0.3, -0.25) is 4.79 Å². The van der Waals surface area contributed by atoms with Crippen LogP contribution in [0.15, 0.2) is 72.3 Å². The van der Waals surface area contributed by atoms with Gasteiger partial charge >= 0.3 is 0 Å². The van der Waals surface area contributed by atoms with Crippen LogP contribution in [0.4, 0.5) is 0 Å². The minimum Gasteiger partial charge on any atom is -0.289 e. The van der Waals surface area contributed by atoms with Crippen molar-refractivity contribution in [1.82, 2.24) is 0 Å². The number of rotatable bonds is 3. The molecule has 1 heteroatoms. The van der Waals surface area contributed by atoms with E-state index in [1.807, 2.05) is 24.3 Å². The molecule has 0 aliphatic heterocycles. The Morgan fingerprint density at radius 1 is 0.786 bits per heavy atom. The summed E-state index contributed by atoms with van der Waals surface area (Å²) in [5.74, 6) is 0.200. The molecular formula is C27H28O. The maximum absolute atomic E-state index is 13.6. The van der Waals surface area contributed by atoms with Crippen molar-refractivity contribution in [2.24, 2.45) is 0 Å². The molecule has 1 aliphatic rings. The Morgan fingerprint density at radius 3 is 2.21 bits per heavy atom. The molecule has 0 unspecified atom stereocenters. The first-order valence-electron chi connectivity index (χ1n) is 10.3. The fraction of sp³-hybridized carbons (Fsp3) is 0.296. The second-order valence-corrected chi connectivity index (χ2v) is 8.85. The van der Waals surface area contributed by atoms with Crippen LogP contribution >= 0.6 is 0 Å². The summed E-state index contributed by atoms with van der Waals surface area (Å²) in [6.45, 7) is 6.70. The molecule has 142 valence electrons. The van der Waals surface area contributed by atoms with E-state index in [9.17, 15) is 4.79 Å². The van der Waals surface area contributed by atoms with Gasteiger partial charge in [0, 0.05) is 11.1 Å². The first-order chi connectivity index (χ1) is 13.4. The Hall–Kier alpha value is -2.67. The summed E-state index contributed by atoms with van der Waals surface area (Å²) < 4.78 is 0. The van der Waals surface area contributed by atoms with Gasteiger partial charge in [-0.15, -0.1) is 0 Å². The number of carbonyl (C=O) groups excluding carboxylic acids is 1. The Balaban J connectivity index is 1.79. The highest BCUT2D eigenvalue weighted by molar-refractivity contribution is 6.19. The van der Waals surface area contributed by atoms with Crippen LogP contribution in [-0.4, -0.2) is 5.78 Å². The molecule has 1 nitrogen and oxygen atoms in total. The van der Waals surface area contributed by atoms with Crippen molar-refractivity contribution in [3.05, 3.63) is 89.0 Å². The number of hydrogen-bond acceptors (Lipinski definition) is 1. The Labute approximate surface area is 168 Å². The quantitative estimate of drug-likeness (QED) is 0.442. The number of hydrogen-bond donors (Lipinski definition) is 0. The standard InChI is InChI=1S/C27H28O/c1-27(2,3)21-17-15-20(16-18-21)23-12-6-7-13-24(23)26(28)25-14-8-10-19-9-4-5-11-22(19)25/h4-5,8-11,14-18H,6-7,12-13H2,1-3H3. The molecule has 3 aromatic carbocycles. The summed E-state index contributed by atoms with van der Waals surface area (Å²) in [6, 6.07) is 23.1. The first-order valence-corrected chi connectivity index (χ1v) is 10.3. The highest BCUT2D eigenvalue weighted by Crippen LogP contribution is 2.36. The predicted octanol–water partition coefficient (Wildman–Crippen LogP) is 7.35. The van der Waals surface area contributed by atoms with Crippen LogP contribution in [0.3, 0.4) is 0 Å². The van der Waals surface area contributed by atoms with E-state index in [0.717, 1.165) is 47.6 Å². The number of ketones is 1. The second-order valence-electron chi connectivity index (χ2n) is 8.85. The average molecular weight is 369 g/mol. The molecule has 28 heavy (non-hydrogen) atoms. The van der Waals surface area contributed by atoms with Gasteiger partial charge in [0.15, 0.2) is 5.78 Å². The minimum atomic E-state index is 0.140. The van der Waals surface area contributed by atoms with E-state index in [0.29, 0.717) is 0 Å². The SMILES string of the molecule is CC(C)(C)c1ccc(C2=C(C(=O)c3cccc4ccccc34)CCCC2)cc1. The molecule has 0 heterocycles. The molecule has 0 N–H and O–H groups in total. The van der Waals surface area contributed by atoms with Crippen molar-refractivity contribution in [3.8, 4) is 0 Å². The smallest absolute Gasteiger partial charge is 0.189 e. The third-order valence-electron chi connectivity index (χ3n) is 5.88. The zero-order valence-electron chi connectivity index (χ0n) is 17.1. The van der Waals surface area contributed by atoms with Crippen LogP contribution in [0.2, 0.25) is 0 Å². The van der Waals surface area contributed by atoms with Gasteiger partial charge in [0.1, 0.15) is 0 Å². The van der Waals surface area contributed by atoms with Crippen molar-refractivity contribution in [2.75, 3.05) is 0 Å². The lowest BCUT2D eigenvalue weighted by Crippen LogP contribution is -2.12. The fourth-order valence-electron chi connectivity index (χ4n) is 4.23. The van der Waals surface area contributed by atoms with Crippen molar-refractivity contribution in [3.63, 3.8) is 0 Å². The lowest BCUT2D eigenvalue weighted by molar-refractivity contribution is 0.103. The molecule has 0 amide bonds. The molecule has 0 fully saturated rings. The van der Waals surface area contributed by atoms with E-state index in [4.69, 9.17) is 0 Å². The predicted molar refractivity (Wildman–Crippen MR) is 119 cm³/mol. The topological polar surface area (TPSA) is 17.1 Å². The largest absolute Gasteiger partial charge is 0.289 e. The highest BCUT2D eigenvalue weighted by atomic mass is 16.1. The Morgan fingerprint density at radius 2 is 1.46 bits per heavy atom. The van der Waals surface area contributed by atoms with E-state index < -0.39 is 0 Å². The normalized spacial score (nSPS) is 15.1. The second kappa shape index (κ2) is 7.39. The van der Waals surface area contributed by atoms with Gasteiger partial charge in [0.2, 0.25) is 0 Å². The van der Waals surface area contributed by atoms with Gasteiger partial charge in [0.05, 0.1) is 0 Å². The van der Waals surface area contributed by atoms with Crippen LogP contribution in [0.5, 0.6) is 0 Å². The third-order valence-corrected chi connectivity index (χ3v) is 5.88. The molecular weight excluding hydrogens is 340 g/mol. The molecule has 0 spiro atoms. The summed E-state index contributed by atoms with van der Waals surface area (Å²) in [4.78, 5) is 13.6. The zero-order chi connectivity index (χ0) is 19.7. The molecule has 0 bridgehead atoms. The van der Waals surface area contributed by atoms with Crippen molar-refractivity contribution < 1.29 is 4.79 Å². The van der Waals surface area contributed by atoms with Gasteiger partial charge in [-0.25, -0.2) is 0 Å². The van der Waals surface area contributed by atoms with Gasteiger partial charge in [-0.2, -0.15) is 0 Å². The maximum Gasteiger partial charge on any atom is 0.189 e. The highest BCUT2D eigenvalue weighted by Gasteiger charge is 2.23. The number of benzene rings is 3. The lowest BCUT2D eigenvalue weighted by atomic mass is 9.81. The van der Waals surface area contributed by atoms with Gasteiger partial charge in [-0.05, 0) is 58.6 Å². The maximum atomic E-state index is 13.6. The molecule has 1 aliphatic carbocycles. The van der Waals surface area contributed by atoms with Gasteiger partial charge < -0.3 is 0 Å². The molecule has 0 saturated carbocycles. The van der Waals surface area contributed by atoms with Gasteiger partial charge in [-0.1, -0.05) is 87.5 Å². The monoisotopic (exact) mass is 368 g/mol. The Bertz CT molecular complexity index is 1040. The summed E-state index contributed by atoms with van der Waals surface area (Å²) in [7, 11) is 0. The van der Waals surface area contributed by atoms with Gasteiger partial charge in [0.25, 0.3) is 0 Å².